The van der Waals surface area contributed by atoms with Gasteiger partial charge in [-0.15, -0.1) is 0 Å². The second kappa shape index (κ2) is 7.43. The maximum atomic E-state index is 12.2. The summed E-state index contributed by atoms with van der Waals surface area (Å²) in [4.78, 5) is 24.1. The van der Waals surface area contributed by atoms with Gasteiger partial charge in [0.25, 0.3) is 5.91 Å². The summed E-state index contributed by atoms with van der Waals surface area (Å²) in [7, 11) is -3.33. The molecule has 1 aromatic rings. The van der Waals surface area contributed by atoms with Crippen LogP contribution in [0.25, 0.3) is 0 Å². The van der Waals surface area contributed by atoms with E-state index in [0.29, 0.717) is 36.7 Å². The number of rotatable bonds is 6. The van der Waals surface area contributed by atoms with Crippen molar-refractivity contribution < 1.29 is 22.7 Å². The summed E-state index contributed by atoms with van der Waals surface area (Å²) in [6, 6.07) is 4.74. The van der Waals surface area contributed by atoms with E-state index in [9.17, 15) is 18.0 Å². The highest BCUT2D eigenvalue weighted by molar-refractivity contribution is 7.92. The van der Waals surface area contributed by atoms with Gasteiger partial charge in [-0.3, -0.25) is 9.10 Å². The van der Waals surface area contributed by atoms with E-state index in [-0.39, 0.29) is 5.91 Å². The molecule has 0 fully saturated rings. The maximum Gasteiger partial charge on any atom is 0.338 e. The summed E-state index contributed by atoms with van der Waals surface area (Å²) in [6.45, 7) is 6.34. The Balaban J connectivity index is 2.05. The molecule has 1 aliphatic heterocycles. The first kappa shape index (κ1) is 19.2. The average molecular weight is 368 g/mol. The van der Waals surface area contributed by atoms with Crippen molar-refractivity contribution >= 4 is 27.6 Å². The lowest BCUT2D eigenvalue weighted by molar-refractivity contribution is -0.129. The topological polar surface area (TPSA) is 92.8 Å². The number of fused-ring (bicyclic) bond motifs is 1. The second-order valence-corrected chi connectivity index (χ2v) is 8.52. The van der Waals surface area contributed by atoms with Crippen molar-refractivity contribution in [3.05, 3.63) is 29.3 Å². The molecule has 1 amide bonds. The van der Waals surface area contributed by atoms with Crippen LogP contribution in [-0.4, -0.2) is 45.7 Å². The lowest BCUT2D eigenvalue weighted by Crippen LogP contribution is -2.37. The molecule has 8 heteroatoms. The summed E-state index contributed by atoms with van der Waals surface area (Å²) < 4.78 is 30.0. The van der Waals surface area contributed by atoms with Crippen LogP contribution in [0.15, 0.2) is 18.2 Å². The van der Waals surface area contributed by atoms with Gasteiger partial charge in [0.05, 0.1) is 17.5 Å². The van der Waals surface area contributed by atoms with Crippen LogP contribution in [0.1, 0.15) is 36.7 Å². The number of carbonyl (C=O) groups excluding carboxylic acids is 2. The van der Waals surface area contributed by atoms with Crippen molar-refractivity contribution in [1.29, 1.82) is 0 Å². The Morgan fingerprint density at radius 1 is 1.28 bits per heavy atom. The molecular formula is C17H24N2O5S. The van der Waals surface area contributed by atoms with Gasteiger partial charge < -0.3 is 10.1 Å². The van der Waals surface area contributed by atoms with Gasteiger partial charge in [-0.1, -0.05) is 13.8 Å². The molecule has 7 nitrogen and oxygen atoms in total. The van der Waals surface area contributed by atoms with E-state index < -0.39 is 22.1 Å². The first-order chi connectivity index (χ1) is 11.6. The number of nitrogens with one attached hydrogen (secondary N) is 1. The molecule has 0 aromatic heterocycles. The smallest absolute Gasteiger partial charge is 0.338 e. The van der Waals surface area contributed by atoms with Crippen LogP contribution in [0, 0.1) is 5.92 Å². The molecule has 0 radical (unpaired) electrons. The monoisotopic (exact) mass is 368 g/mol. The van der Waals surface area contributed by atoms with E-state index in [1.54, 1.807) is 12.1 Å². The highest BCUT2D eigenvalue weighted by atomic mass is 32.2. The van der Waals surface area contributed by atoms with Crippen molar-refractivity contribution in [2.24, 2.45) is 5.92 Å². The quantitative estimate of drug-likeness (QED) is 0.765. The van der Waals surface area contributed by atoms with Gasteiger partial charge >= 0.3 is 5.97 Å². The van der Waals surface area contributed by atoms with Crippen LogP contribution in [-0.2, 0) is 26.0 Å². The Morgan fingerprint density at radius 2 is 1.96 bits per heavy atom. The number of hydrogen-bond acceptors (Lipinski definition) is 5. The second-order valence-electron chi connectivity index (χ2n) is 6.62. The fraction of sp³-hybridized carbons (Fsp3) is 0.529. The molecule has 25 heavy (non-hydrogen) atoms. The van der Waals surface area contributed by atoms with Crippen LogP contribution in [0.2, 0.25) is 0 Å². The predicted octanol–water partition coefficient (Wildman–Crippen LogP) is 1.33. The molecule has 1 atom stereocenters. The van der Waals surface area contributed by atoms with Gasteiger partial charge in [-0.2, -0.15) is 0 Å². The number of esters is 1. The summed E-state index contributed by atoms with van der Waals surface area (Å²) in [5, 5.41) is 2.71. The number of carbonyl (C=O) groups is 2. The first-order valence-corrected chi connectivity index (χ1v) is 10.0. The maximum absolute atomic E-state index is 12.2. The minimum Gasteiger partial charge on any atom is -0.449 e. The van der Waals surface area contributed by atoms with Gasteiger partial charge in [-0.05, 0) is 43.0 Å². The van der Waals surface area contributed by atoms with E-state index in [1.165, 1.54) is 17.3 Å². The summed E-state index contributed by atoms with van der Waals surface area (Å²) in [5.41, 5.74) is 1.66. The van der Waals surface area contributed by atoms with Crippen LogP contribution < -0.4 is 9.62 Å². The minimum absolute atomic E-state index is 0.303. The molecule has 2 rings (SSSR count). The van der Waals surface area contributed by atoms with Gasteiger partial charge in [0.15, 0.2) is 6.10 Å². The Kier molecular flexibility index (Phi) is 5.72. The Morgan fingerprint density at radius 3 is 2.56 bits per heavy atom. The zero-order valence-electron chi connectivity index (χ0n) is 14.9. The van der Waals surface area contributed by atoms with Crippen LogP contribution in [0.4, 0.5) is 5.69 Å². The third kappa shape index (κ3) is 4.72. The molecule has 0 bridgehead atoms. The van der Waals surface area contributed by atoms with Gasteiger partial charge in [0.1, 0.15) is 0 Å². The Hall–Kier alpha value is -2.09. The van der Waals surface area contributed by atoms with E-state index >= 15 is 0 Å². The number of hydrogen-bond donors (Lipinski definition) is 1. The van der Waals surface area contributed by atoms with Crippen molar-refractivity contribution in [3.8, 4) is 0 Å². The van der Waals surface area contributed by atoms with E-state index in [4.69, 9.17) is 4.74 Å². The number of anilines is 1. The van der Waals surface area contributed by atoms with E-state index in [0.717, 1.165) is 11.8 Å². The van der Waals surface area contributed by atoms with Gasteiger partial charge in [0, 0.05) is 13.1 Å². The largest absolute Gasteiger partial charge is 0.449 e. The SMILES string of the molecule is CC(C)CNC(=O)[C@@H](C)OC(=O)c1ccc2c(c1)CCN2S(C)(=O)=O. The number of sulfonamides is 1. The average Bonchev–Trinajstić information content (AvgIpc) is 2.95. The Labute approximate surface area is 148 Å². The van der Waals surface area contributed by atoms with Crippen molar-refractivity contribution in [3.63, 3.8) is 0 Å². The standard InChI is InChI=1S/C17H24N2O5S/c1-11(2)10-18-16(20)12(3)24-17(21)14-5-6-15-13(9-14)7-8-19(15)25(4,22)23/h5-6,9,11-12H,7-8,10H2,1-4H3,(H,18,20)/t12-/m1/s1. The molecule has 1 aromatic carbocycles. The molecular weight excluding hydrogens is 344 g/mol. The highest BCUT2D eigenvalue weighted by Gasteiger charge is 2.27. The normalized spacial score (nSPS) is 15.0. The van der Waals surface area contributed by atoms with Crippen molar-refractivity contribution in [2.45, 2.75) is 33.3 Å². The molecule has 1 N–H and O–H groups in total. The molecule has 1 heterocycles. The fourth-order valence-electron chi connectivity index (χ4n) is 2.57. The van der Waals surface area contributed by atoms with Gasteiger partial charge in [0.2, 0.25) is 10.0 Å². The molecule has 0 saturated heterocycles. The molecule has 0 spiro atoms. The van der Waals surface area contributed by atoms with Crippen LogP contribution in [0.3, 0.4) is 0 Å². The van der Waals surface area contributed by atoms with Gasteiger partial charge in [-0.25, -0.2) is 13.2 Å². The van der Waals surface area contributed by atoms with Crippen LogP contribution >= 0.6 is 0 Å². The first-order valence-electron chi connectivity index (χ1n) is 8.19. The van der Waals surface area contributed by atoms with E-state index in [2.05, 4.69) is 5.32 Å². The summed E-state index contributed by atoms with van der Waals surface area (Å²) in [6.07, 6.45) is 0.794. The van der Waals surface area contributed by atoms with Crippen molar-refractivity contribution in [1.82, 2.24) is 5.32 Å². The third-order valence-electron chi connectivity index (χ3n) is 3.91. The zero-order valence-corrected chi connectivity index (χ0v) is 15.7. The molecule has 0 aliphatic carbocycles. The number of amides is 1. The predicted molar refractivity (Wildman–Crippen MR) is 95.1 cm³/mol. The number of nitrogens with zero attached hydrogens (tertiary/aromatic N) is 1. The molecule has 0 saturated carbocycles. The zero-order chi connectivity index (χ0) is 18.8. The van der Waals surface area contributed by atoms with Crippen molar-refractivity contribution in [2.75, 3.05) is 23.7 Å². The lowest BCUT2D eigenvalue weighted by atomic mass is 10.1. The number of ether oxygens (including phenoxy) is 1. The Bertz CT molecular complexity index is 773. The molecule has 138 valence electrons. The fourth-order valence-corrected chi connectivity index (χ4v) is 3.53. The minimum atomic E-state index is -3.33. The van der Waals surface area contributed by atoms with E-state index in [1.807, 2.05) is 13.8 Å². The summed E-state index contributed by atoms with van der Waals surface area (Å²) in [5.74, 6) is -0.638. The lowest BCUT2D eigenvalue weighted by Gasteiger charge is -2.17. The number of benzene rings is 1. The molecule has 0 unspecified atom stereocenters. The third-order valence-corrected chi connectivity index (χ3v) is 5.09. The summed E-state index contributed by atoms with van der Waals surface area (Å²) >= 11 is 0. The molecule has 1 aliphatic rings. The van der Waals surface area contributed by atoms with Crippen LogP contribution in [0.5, 0.6) is 0 Å². The highest BCUT2D eigenvalue weighted by Crippen LogP contribution is 2.30.